The van der Waals surface area contributed by atoms with Gasteiger partial charge >= 0.3 is 0 Å². The Kier molecular flexibility index (Phi) is 4.06. The Hall–Kier alpha value is -2.02. The largest absolute Gasteiger partial charge is 0.368 e. The molecule has 0 fully saturated rings. The lowest BCUT2D eigenvalue weighted by Gasteiger charge is -1.98. The van der Waals surface area contributed by atoms with E-state index in [1.165, 1.54) is 11.3 Å². The van der Waals surface area contributed by atoms with E-state index in [0.29, 0.717) is 11.6 Å². The fourth-order valence-electron chi connectivity index (χ4n) is 1.60. The Morgan fingerprint density at radius 3 is 2.95 bits per heavy atom. The number of rotatable bonds is 4. The van der Waals surface area contributed by atoms with Crippen molar-refractivity contribution < 1.29 is 4.79 Å². The second-order valence-corrected chi connectivity index (χ2v) is 5.03. The minimum Gasteiger partial charge on any atom is -0.368 e. The zero-order chi connectivity index (χ0) is 13.8. The predicted molar refractivity (Wildman–Crippen MR) is 75.8 cm³/mol. The standard InChI is InChI=1S/C12H15N5OS/c1-3-4-9(18)17-12-15-7(2)10(19-12)8-5-6-14-11(13)16-8/h5-6H,3-4H2,1-2H3,(H2,13,14,16)(H,15,17,18). The molecule has 0 radical (unpaired) electrons. The van der Waals surface area contributed by atoms with Crippen LogP contribution in [-0.4, -0.2) is 20.9 Å². The molecule has 2 aromatic heterocycles. The minimum absolute atomic E-state index is 0.0231. The van der Waals surface area contributed by atoms with E-state index < -0.39 is 0 Å². The summed E-state index contributed by atoms with van der Waals surface area (Å²) in [6, 6.07) is 1.77. The number of aromatic nitrogens is 3. The summed E-state index contributed by atoms with van der Waals surface area (Å²) in [6.45, 7) is 3.83. The van der Waals surface area contributed by atoms with Crippen LogP contribution in [0.2, 0.25) is 0 Å². The molecule has 0 spiro atoms. The van der Waals surface area contributed by atoms with Crippen molar-refractivity contribution in [1.82, 2.24) is 15.0 Å². The number of thiazole rings is 1. The highest BCUT2D eigenvalue weighted by Gasteiger charge is 2.13. The zero-order valence-electron chi connectivity index (χ0n) is 10.8. The number of nitrogens with one attached hydrogen (secondary N) is 1. The van der Waals surface area contributed by atoms with Gasteiger partial charge in [-0.05, 0) is 19.4 Å². The first-order valence-electron chi connectivity index (χ1n) is 5.96. The molecule has 0 unspecified atom stereocenters. The van der Waals surface area contributed by atoms with Crippen molar-refractivity contribution in [2.45, 2.75) is 26.7 Å². The number of hydrogen-bond acceptors (Lipinski definition) is 6. The quantitative estimate of drug-likeness (QED) is 0.893. The van der Waals surface area contributed by atoms with Gasteiger partial charge in [0.1, 0.15) is 0 Å². The van der Waals surface area contributed by atoms with Crippen LogP contribution in [0, 0.1) is 6.92 Å². The number of nitrogens with zero attached hydrogens (tertiary/aromatic N) is 3. The minimum atomic E-state index is -0.0231. The second kappa shape index (κ2) is 5.75. The Labute approximate surface area is 115 Å². The van der Waals surface area contributed by atoms with Gasteiger partial charge in [0.25, 0.3) is 0 Å². The predicted octanol–water partition coefficient (Wildman–Crippen LogP) is 2.23. The van der Waals surface area contributed by atoms with Crippen molar-refractivity contribution in [3.63, 3.8) is 0 Å². The average Bonchev–Trinajstić information content (AvgIpc) is 2.70. The van der Waals surface area contributed by atoms with Gasteiger partial charge in [-0.25, -0.2) is 15.0 Å². The first kappa shape index (κ1) is 13.4. The van der Waals surface area contributed by atoms with Gasteiger partial charge in [-0.3, -0.25) is 4.79 Å². The van der Waals surface area contributed by atoms with Crippen LogP contribution >= 0.6 is 11.3 Å². The fourth-order valence-corrected chi connectivity index (χ4v) is 2.55. The number of carbonyl (C=O) groups is 1. The summed E-state index contributed by atoms with van der Waals surface area (Å²) in [5.41, 5.74) is 7.10. The number of hydrogen-bond donors (Lipinski definition) is 2. The monoisotopic (exact) mass is 277 g/mol. The molecule has 1 amide bonds. The van der Waals surface area contributed by atoms with Crippen LogP contribution in [0.1, 0.15) is 25.5 Å². The van der Waals surface area contributed by atoms with Gasteiger partial charge in [-0.2, -0.15) is 0 Å². The SMILES string of the molecule is CCCC(=O)Nc1nc(C)c(-c2ccnc(N)n2)s1. The van der Waals surface area contributed by atoms with Gasteiger partial charge < -0.3 is 11.1 Å². The van der Waals surface area contributed by atoms with Crippen LogP contribution in [0.15, 0.2) is 12.3 Å². The van der Waals surface area contributed by atoms with E-state index in [4.69, 9.17) is 5.73 Å². The van der Waals surface area contributed by atoms with Crippen LogP contribution in [0.4, 0.5) is 11.1 Å². The van der Waals surface area contributed by atoms with E-state index in [-0.39, 0.29) is 11.9 Å². The molecule has 0 saturated heterocycles. The van der Waals surface area contributed by atoms with Crippen molar-refractivity contribution in [2.24, 2.45) is 0 Å². The lowest BCUT2D eigenvalue weighted by molar-refractivity contribution is -0.116. The maximum absolute atomic E-state index is 11.5. The summed E-state index contributed by atoms with van der Waals surface area (Å²) in [5, 5.41) is 3.37. The van der Waals surface area contributed by atoms with Crippen LogP contribution in [0.5, 0.6) is 0 Å². The number of amides is 1. The molecule has 0 saturated carbocycles. The summed E-state index contributed by atoms with van der Waals surface area (Å²) in [4.78, 5) is 24.8. The van der Waals surface area contributed by atoms with Gasteiger partial charge in [0.05, 0.1) is 16.3 Å². The van der Waals surface area contributed by atoms with Crippen molar-refractivity contribution in [1.29, 1.82) is 0 Å². The van der Waals surface area contributed by atoms with Crippen LogP contribution in [0.25, 0.3) is 10.6 Å². The Morgan fingerprint density at radius 1 is 1.47 bits per heavy atom. The average molecular weight is 277 g/mol. The molecule has 2 aromatic rings. The van der Waals surface area contributed by atoms with E-state index >= 15 is 0 Å². The molecule has 0 aliphatic carbocycles. The molecule has 7 heteroatoms. The molecule has 19 heavy (non-hydrogen) atoms. The molecule has 0 aliphatic rings. The van der Waals surface area contributed by atoms with Crippen molar-refractivity contribution >= 4 is 28.3 Å². The highest BCUT2D eigenvalue weighted by molar-refractivity contribution is 7.19. The number of nitrogens with two attached hydrogens (primary N) is 1. The second-order valence-electron chi connectivity index (χ2n) is 4.03. The first-order valence-corrected chi connectivity index (χ1v) is 6.78. The van der Waals surface area contributed by atoms with Gasteiger partial charge in [-0.15, -0.1) is 0 Å². The van der Waals surface area contributed by atoms with E-state index in [9.17, 15) is 4.79 Å². The molecule has 3 N–H and O–H groups in total. The summed E-state index contributed by atoms with van der Waals surface area (Å²) in [6.07, 6.45) is 2.91. The van der Waals surface area contributed by atoms with Gasteiger partial charge in [-0.1, -0.05) is 18.3 Å². The number of aryl methyl sites for hydroxylation is 1. The van der Waals surface area contributed by atoms with E-state index in [0.717, 1.165) is 22.7 Å². The third-order valence-corrected chi connectivity index (χ3v) is 3.52. The first-order chi connectivity index (χ1) is 9.10. The van der Waals surface area contributed by atoms with Crippen molar-refractivity contribution in [2.75, 3.05) is 11.1 Å². The smallest absolute Gasteiger partial charge is 0.226 e. The fraction of sp³-hybridized carbons (Fsp3) is 0.333. The summed E-state index contributed by atoms with van der Waals surface area (Å²) < 4.78 is 0. The topological polar surface area (TPSA) is 93.8 Å². The van der Waals surface area contributed by atoms with E-state index in [2.05, 4.69) is 20.3 Å². The highest BCUT2D eigenvalue weighted by Crippen LogP contribution is 2.31. The Bertz CT molecular complexity index is 596. The normalized spacial score (nSPS) is 10.4. The zero-order valence-corrected chi connectivity index (χ0v) is 11.6. The van der Waals surface area contributed by atoms with Crippen LogP contribution < -0.4 is 11.1 Å². The summed E-state index contributed by atoms with van der Waals surface area (Å²) in [7, 11) is 0. The highest BCUT2D eigenvalue weighted by atomic mass is 32.1. The Balaban J connectivity index is 2.24. The lowest BCUT2D eigenvalue weighted by atomic mass is 10.3. The molecule has 0 atom stereocenters. The number of nitrogen functional groups attached to an aromatic ring is 1. The number of carbonyl (C=O) groups excluding carboxylic acids is 1. The molecule has 100 valence electrons. The van der Waals surface area contributed by atoms with Gasteiger partial charge in [0, 0.05) is 12.6 Å². The maximum atomic E-state index is 11.5. The summed E-state index contributed by atoms with van der Waals surface area (Å²) in [5.74, 6) is 0.201. The molecule has 0 bridgehead atoms. The summed E-state index contributed by atoms with van der Waals surface area (Å²) >= 11 is 1.39. The third kappa shape index (κ3) is 3.25. The third-order valence-electron chi connectivity index (χ3n) is 2.43. The van der Waals surface area contributed by atoms with Gasteiger partial charge in [0.2, 0.25) is 11.9 Å². The molecular weight excluding hydrogens is 262 g/mol. The van der Waals surface area contributed by atoms with Crippen LogP contribution in [-0.2, 0) is 4.79 Å². The molecule has 6 nitrogen and oxygen atoms in total. The molecule has 0 aromatic carbocycles. The molecule has 2 heterocycles. The van der Waals surface area contributed by atoms with Crippen LogP contribution in [0.3, 0.4) is 0 Å². The number of anilines is 2. The van der Waals surface area contributed by atoms with E-state index in [1.54, 1.807) is 12.3 Å². The maximum Gasteiger partial charge on any atom is 0.226 e. The van der Waals surface area contributed by atoms with Crippen molar-refractivity contribution in [3.8, 4) is 10.6 Å². The molecule has 0 aliphatic heterocycles. The Morgan fingerprint density at radius 2 is 2.26 bits per heavy atom. The lowest BCUT2D eigenvalue weighted by Crippen LogP contribution is -2.10. The van der Waals surface area contributed by atoms with E-state index in [1.807, 2.05) is 13.8 Å². The van der Waals surface area contributed by atoms with Gasteiger partial charge in [0.15, 0.2) is 5.13 Å². The van der Waals surface area contributed by atoms with Crippen molar-refractivity contribution in [3.05, 3.63) is 18.0 Å². The molecule has 2 rings (SSSR count). The molecular formula is C12H15N5OS.